The Balaban J connectivity index is 1.52. The molecule has 1 aromatic heterocycles. The van der Waals surface area contributed by atoms with E-state index in [1.807, 2.05) is 0 Å². The summed E-state index contributed by atoms with van der Waals surface area (Å²) in [6.45, 7) is 10.3. The quantitative estimate of drug-likeness (QED) is 0.828. The highest BCUT2D eigenvalue weighted by atomic mass is 16.5. The number of fused-ring (bicyclic) bond motifs is 1. The largest absolute Gasteiger partial charge is 0.382 e. The molecule has 5 nitrogen and oxygen atoms in total. The first-order valence-electron chi connectivity index (χ1n) is 10.6. The Bertz CT molecular complexity index is 824. The number of ether oxygens (including phenoxy) is 1. The van der Waals surface area contributed by atoms with E-state index in [1.54, 1.807) is 0 Å². The molecule has 1 saturated carbocycles. The first-order chi connectivity index (χ1) is 13.2. The summed E-state index contributed by atoms with van der Waals surface area (Å²) in [5.41, 5.74) is 7.87. The predicted molar refractivity (Wildman–Crippen MR) is 117 cm³/mol. The number of nitrogens with zero attached hydrogens (tertiary/aromatic N) is 2. The maximum absolute atomic E-state index is 6.21. The Labute approximate surface area is 168 Å². The molecule has 152 valence electrons. The zero-order valence-electron chi connectivity index (χ0n) is 17.7. The van der Waals surface area contributed by atoms with Gasteiger partial charge in [-0.05, 0) is 83.7 Å². The van der Waals surface area contributed by atoms with Crippen LogP contribution in [0.4, 0.5) is 11.5 Å². The van der Waals surface area contributed by atoms with Gasteiger partial charge in [0.25, 0.3) is 0 Å². The van der Waals surface area contributed by atoms with Crippen molar-refractivity contribution in [1.29, 1.82) is 0 Å². The van der Waals surface area contributed by atoms with Gasteiger partial charge in [-0.1, -0.05) is 0 Å². The van der Waals surface area contributed by atoms with Crippen LogP contribution in [-0.4, -0.2) is 41.4 Å². The van der Waals surface area contributed by atoms with E-state index in [1.165, 1.54) is 11.1 Å². The van der Waals surface area contributed by atoms with Crippen LogP contribution >= 0.6 is 0 Å². The summed E-state index contributed by atoms with van der Waals surface area (Å²) >= 11 is 0. The molecule has 5 heteroatoms. The monoisotopic (exact) mass is 382 g/mol. The van der Waals surface area contributed by atoms with Crippen LogP contribution in [0, 0.1) is 0 Å². The molecular formula is C23H34N4O. The lowest BCUT2D eigenvalue weighted by Gasteiger charge is -2.47. The third-order valence-corrected chi connectivity index (χ3v) is 5.84. The molecule has 3 N–H and O–H groups in total. The second-order valence-electron chi connectivity index (χ2n) is 9.81. The number of benzene rings is 1. The number of nitrogens with one attached hydrogen (secondary N) is 1. The molecule has 2 fully saturated rings. The fraction of sp³-hybridized carbons (Fsp3) is 0.609. The Kier molecular flexibility index (Phi) is 5.00. The van der Waals surface area contributed by atoms with E-state index in [0.717, 1.165) is 50.1 Å². The summed E-state index contributed by atoms with van der Waals surface area (Å²) in [6.07, 6.45) is 4.53. The molecule has 1 aliphatic heterocycles. The fourth-order valence-electron chi connectivity index (χ4n) is 4.83. The standard InChI is InChI=1S/C23H34N4O/c1-22(2)14-27(15-23(3,4)28-22)21-12-5-16-13-19(10-11-20(16)26-21)25-18-8-6-17(24)7-9-18/h5,10-13,17-18,25H,6-9,14-15,24H2,1-4H3. The van der Waals surface area contributed by atoms with Crippen LogP contribution in [0.15, 0.2) is 30.3 Å². The third kappa shape index (κ3) is 4.41. The minimum Gasteiger partial charge on any atom is -0.382 e. The highest BCUT2D eigenvalue weighted by Gasteiger charge is 2.38. The molecule has 0 spiro atoms. The predicted octanol–water partition coefficient (Wildman–Crippen LogP) is 4.31. The molecule has 1 saturated heterocycles. The van der Waals surface area contributed by atoms with Gasteiger partial charge in [0.1, 0.15) is 5.82 Å². The maximum atomic E-state index is 6.21. The fourth-order valence-corrected chi connectivity index (χ4v) is 4.83. The summed E-state index contributed by atoms with van der Waals surface area (Å²) in [4.78, 5) is 7.30. The molecule has 0 bridgehead atoms. The van der Waals surface area contributed by atoms with E-state index in [0.29, 0.717) is 12.1 Å². The van der Waals surface area contributed by atoms with Crippen molar-refractivity contribution >= 4 is 22.4 Å². The van der Waals surface area contributed by atoms with E-state index in [2.05, 4.69) is 68.2 Å². The molecule has 0 unspecified atom stereocenters. The van der Waals surface area contributed by atoms with Crippen LogP contribution in [0.3, 0.4) is 0 Å². The SMILES string of the molecule is CC1(C)CN(c2ccc3cc(NC4CCC(N)CC4)ccc3n2)CC(C)(C)O1. The Hall–Kier alpha value is -1.85. The molecule has 0 atom stereocenters. The first-order valence-corrected chi connectivity index (χ1v) is 10.6. The highest BCUT2D eigenvalue weighted by molar-refractivity contribution is 5.84. The second-order valence-corrected chi connectivity index (χ2v) is 9.81. The van der Waals surface area contributed by atoms with Gasteiger partial charge in [-0.3, -0.25) is 0 Å². The Morgan fingerprint density at radius 3 is 2.36 bits per heavy atom. The zero-order valence-corrected chi connectivity index (χ0v) is 17.7. The van der Waals surface area contributed by atoms with E-state index in [4.69, 9.17) is 15.5 Å². The maximum Gasteiger partial charge on any atom is 0.129 e. The summed E-state index contributed by atoms with van der Waals surface area (Å²) in [5, 5.41) is 4.86. The molecule has 28 heavy (non-hydrogen) atoms. The summed E-state index contributed by atoms with van der Waals surface area (Å²) in [5.74, 6) is 1.03. The van der Waals surface area contributed by atoms with Crippen LogP contribution in [0.2, 0.25) is 0 Å². The lowest BCUT2D eigenvalue weighted by Crippen LogP contribution is -2.57. The van der Waals surface area contributed by atoms with Crippen molar-refractivity contribution in [2.24, 2.45) is 5.73 Å². The van der Waals surface area contributed by atoms with Crippen LogP contribution in [0.25, 0.3) is 10.9 Å². The van der Waals surface area contributed by atoms with Crippen molar-refractivity contribution in [2.45, 2.75) is 76.7 Å². The van der Waals surface area contributed by atoms with Crippen molar-refractivity contribution in [3.8, 4) is 0 Å². The normalized spacial score (nSPS) is 27.0. The molecule has 2 aromatic rings. The number of pyridine rings is 1. The number of nitrogens with two attached hydrogens (primary N) is 1. The Morgan fingerprint density at radius 1 is 1.00 bits per heavy atom. The van der Waals surface area contributed by atoms with Gasteiger partial charge < -0.3 is 20.7 Å². The van der Waals surface area contributed by atoms with Gasteiger partial charge >= 0.3 is 0 Å². The van der Waals surface area contributed by atoms with Gasteiger partial charge in [0, 0.05) is 36.2 Å². The molecule has 2 aliphatic rings. The smallest absolute Gasteiger partial charge is 0.129 e. The molecule has 0 radical (unpaired) electrons. The first kappa shape index (κ1) is 19.5. The zero-order chi connectivity index (χ0) is 19.9. The molecule has 4 rings (SSSR count). The van der Waals surface area contributed by atoms with Gasteiger partial charge in [0.05, 0.1) is 16.7 Å². The van der Waals surface area contributed by atoms with E-state index < -0.39 is 0 Å². The lowest BCUT2D eigenvalue weighted by atomic mass is 9.91. The van der Waals surface area contributed by atoms with Crippen molar-refractivity contribution in [1.82, 2.24) is 4.98 Å². The van der Waals surface area contributed by atoms with Gasteiger partial charge in [-0.2, -0.15) is 0 Å². The highest BCUT2D eigenvalue weighted by Crippen LogP contribution is 2.32. The molecular weight excluding hydrogens is 348 g/mol. The second kappa shape index (κ2) is 7.20. The number of hydrogen-bond acceptors (Lipinski definition) is 5. The van der Waals surface area contributed by atoms with Crippen LogP contribution in [0.1, 0.15) is 53.4 Å². The van der Waals surface area contributed by atoms with Crippen LogP contribution < -0.4 is 16.0 Å². The number of hydrogen-bond donors (Lipinski definition) is 2. The van der Waals surface area contributed by atoms with E-state index in [9.17, 15) is 0 Å². The van der Waals surface area contributed by atoms with Crippen molar-refractivity contribution in [2.75, 3.05) is 23.3 Å². The number of rotatable bonds is 3. The van der Waals surface area contributed by atoms with Gasteiger partial charge in [-0.25, -0.2) is 4.98 Å². The molecule has 1 aromatic carbocycles. The molecule has 2 heterocycles. The van der Waals surface area contributed by atoms with Gasteiger partial charge in [0.2, 0.25) is 0 Å². The summed E-state index contributed by atoms with van der Waals surface area (Å²) < 4.78 is 6.21. The molecule has 0 amide bonds. The average Bonchev–Trinajstić information content (AvgIpc) is 2.60. The average molecular weight is 383 g/mol. The van der Waals surface area contributed by atoms with E-state index in [-0.39, 0.29) is 11.2 Å². The van der Waals surface area contributed by atoms with Crippen LogP contribution in [-0.2, 0) is 4.74 Å². The van der Waals surface area contributed by atoms with Gasteiger partial charge in [0.15, 0.2) is 0 Å². The van der Waals surface area contributed by atoms with Crippen molar-refractivity contribution in [3.63, 3.8) is 0 Å². The topological polar surface area (TPSA) is 63.4 Å². The van der Waals surface area contributed by atoms with Gasteiger partial charge in [-0.15, -0.1) is 0 Å². The number of morpholine rings is 1. The third-order valence-electron chi connectivity index (χ3n) is 5.84. The minimum atomic E-state index is -0.186. The summed E-state index contributed by atoms with van der Waals surface area (Å²) in [6, 6.07) is 11.7. The van der Waals surface area contributed by atoms with E-state index >= 15 is 0 Å². The Morgan fingerprint density at radius 2 is 1.68 bits per heavy atom. The number of anilines is 2. The molecule has 1 aliphatic carbocycles. The van der Waals surface area contributed by atoms with Crippen molar-refractivity contribution < 1.29 is 4.74 Å². The van der Waals surface area contributed by atoms with Crippen molar-refractivity contribution in [3.05, 3.63) is 30.3 Å². The summed E-state index contributed by atoms with van der Waals surface area (Å²) in [7, 11) is 0. The lowest BCUT2D eigenvalue weighted by molar-refractivity contribution is -0.133. The minimum absolute atomic E-state index is 0.186. The number of aromatic nitrogens is 1. The van der Waals surface area contributed by atoms with Crippen LogP contribution in [0.5, 0.6) is 0 Å².